The molecule has 2 N–H and O–H groups in total. The number of fused-ring (bicyclic) bond motifs is 1. The summed E-state index contributed by atoms with van der Waals surface area (Å²) in [6.07, 6.45) is 1.19. The van der Waals surface area contributed by atoms with E-state index >= 15 is 0 Å². The number of hydrogen-bond donors (Lipinski definition) is 1. The van der Waals surface area contributed by atoms with Gasteiger partial charge < -0.3 is 5.73 Å². The van der Waals surface area contributed by atoms with Crippen LogP contribution in [0.3, 0.4) is 0 Å². The minimum absolute atomic E-state index is 0.458. The summed E-state index contributed by atoms with van der Waals surface area (Å²) in [4.78, 5) is 3.87. The van der Waals surface area contributed by atoms with Crippen molar-refractivity contribution in [1.29, 1.82) is 0 Å². The Morgan fingerprint density at radius 2 is 2.58 bits per heavy atom. The zero-order chi connectivity index (χ0) is 8.55. The van der Waals surface area contributed by atoms with Crippen molar-refractivity contribution in [2.24, 2.45) is 5.73 Å². The van der Waals surface area contributed by atoms with Crippen molar-refractivity contribution in [3.63, 3.8) is 0 Å². The van der Waals surface area contributed by atoms with Gasteiger partial charge in [0, 0.05) is 24.0 Å². The molecule has 1 aromatic rings. The van der Waals surface area contributed by atoms with Gasteiger partial charge in [0.2, 0.25) is 0 Å². The average Bonchev–Trinajstić information content (AvgIpc) is 2.52. The highest BCUT2D eigenvalue weighted by molar-refractivity contribution is 7.10. The van der Waals surface area contributed by atoms with Crippen LogP contribution in [0.4, 0.5) is 0 Å². The molecule has 1 atom stereocenters. The predicted octanol–water partition coefficient (Wildman–Crippen LogP) is 1.24. The number of nitrogens with two attached hydrogens (primary N) is 1. The Bertz CT molecular complexity index is 269. The summed E-state index contributed by atoms with van der Waals surface area (Å²) in [6.45, 7) is 1.88. The molecule has 0 aromatic carbocycles. The van der Waals surface area contributed by atoms with E-state index in [1.165, 1.54) is 16.9 Å². The van der Waals surface area contributed by atoms with E-state index in [0.29, 0.717) is 6.04 Å². The molecular formula is C9H14N2S. The summed E-state index contributed by atoms with van der Waals surface area (Å²) in [7, 11) is 2.15. The van der Waals surface area contributed by atoms with Gasteiger partial charge in [0.25, 0.3) is 0 Å². The smallest absolute Gasteiger partial charge is 0.0478 e. The molecule has 2 nitrogen and oxygen atoms in total. The van der Waals surface area contributed by atoms with Crippen molar-refractivity contribution in [2.45, 2.75) is 12.5 Å². The van der Waals surface area contributed by atoms with E-state index in [2.05, 4.69) is 23.4 Å². The molecule has 1 aromatic heterocycles. The fraction of sp³-hybridized carbons (Fsp3) is 0.556. The molecule has 3 heteroatoms. The van der Waals surface area contributed by atoms with Crippen molar-refractivity contribution in [2.75, 3.05) is 20.1 Å². The van der Waals surface area contributed by atoms with Crippen molar-refractivity contribution >= 4 is 11.3 Å². The first kappa shape index (κ1) is 8.23. The molecule has 0 radical (unpaired) electrons. The van der Waals surface area contributed by atoms with Gasteiger partial charge in [-0.1, -0.05) is 0 Å². The number of nitrogens with zero attached hydrogens (tertiary/aromatic N) is 1. The Hall–Kier alpha value is -0.380. The zero-order valence-corrected chi connectivity index (χ0v) is 8.10. The predicted molar refractivity (Wildman–Crippen MR) is 52.4 cm³/mol. The van der Waals surface area contributed by atoms with Crippen LogP contribution in [0.25, 0.3) is 0 Å². The zero-order valence-electron chi connectivity index (χ0n) is 7.29. The lowest BCUT2D eigenvalue weighted by atomic mass is 10.0. The summed E-state index contributed by atoms with van der Waals surface area (Å²) in [5.74, 6) is 0. The minimum Gasteiger partial charge on any atom is -0.329 e. The minimum atomic E-state index is 0.458. The van der Waals surface area contributed by atoms with E-state index in [1.807, 2.05) is 11.3 Å². The van der Waals surface area contributed by atoms with Gasteiger partial charge in [-0.2, -0.15) is 0 Å². The lowest BCUT2D eigenvalue weighted by Crippen LogP contribution is -2.35. The third kappa shape index (κ3) is 1.18. The maximum atomic E-state index is 5.73. The van der Waals surface area contributed by atoms with Crippen LogP contribution in [0, 0.1) is 0 Å². The Kier molecular flexibility index (Phi) is 2.17. The quantitative estimate of drug-likeness (QED) is 0.708. The van der Waals surface area contributed by atoms with Crippen LogP contribution in [-0.2, 0) is 6.42 Å². The van der Waals surface area contributed by atoms with Gasteiger partial charge in [-0.15, -0.1) is 11.3 Å². The second-order valence-electron chi connectivity index (χ2n) is 3.28. The summed E-state index contributed by atoms with van der Waals surface area (Å²) >= 11 is 1.86. The molecule has 0 saturated carbocycles. The molecule has 0 aliphatic carbocycles. The molecule has 0 spiro atoms. The van der Waals surface area contributed by atoms with Crippen LogP contribution < -0.4 is 5.73 Å². The van der Waals surface area contributed by atoms with Crippen LogP contribution in [0.2, 0.25) is 0 Å². The van der Waals surface area contributed by atoms with Gasteiger partial charge in [-0.25, -0.2) is 0 Å². The van der Waals surface area contributed by atoms with Crippen LogP contribution >= 0.6 is 11.3 Å². The SMILES string of the molecule is CN1CCc2sccc2C1CN. The second kappa shape index (κ2) is 3.17. The van der Waals surface area contributed by atoms with Crippen molar-refractivity contribution in [3.8, 4) is 0 Å². The number of rotatable bonds is 1. The second-order valence-corrected chi connectivity index (χ2v) is 4.28. The van der Waals surface area contributed by atoms with Crippen LogP contribution in [0.15, 0.2) is 11.4 Å². The van der Waals surface area contributed by atoms with Crippen LogP contribution in [0.1, 0.15) is 16.5 Å². The highest BCUT2D eigenvalue weighted by atomic mass is 32.1. The van der Waals surface area contributed by atoms with E-state index in [1.54, 1.807) is 0 Å². The highest BCUT2D eigenvalue weighted by Crippen LogP contribution is 2.31. The summed E-state index contributed by atoms with van der Waals surface area (Å²) in [5.41, 5.74) is 7.19. The monoisotopic (exact) mass is 182 g/mol. The van der Waals surface area contributed by atoms with E-state index in [0.717, 1.165) is 13.1 Å². The molecular weight excluding hydrogens is 168 g/mol. The number of thiophene rings is 1. The van der Waals surface area contributed by atoms with Gasteiger partial charge in [-0.3, -0.25) is 4.90 Å². The molecule has 1 aliphatic heterocycles. The Morgan fingerprint density at radius 3 is 3.33 bits per heavy atom. The molecule has 0 fully saturated rings. The Labute approximate surface area is 77.0 Å². The first-order valence-electron chi connectivity index (χ1n) is 4.29. The van der Waals surface area contributed by atoms with Gasteiger partial charge in [0.05, 0.1) is 0 Å². The summed E-state index contributed by atoms with van der Waals surface area (Å²) < 4.78 is 0. The molecule has 1 unspecified atom stereocenters. The number of likely N-dealkylation sites (N-methyl/N-ethyl adjacent to an activating group) is 1. The molecule has 2 heterocycles. The summed E-state index contributed by atoms with van der Waals surface area (Å²) in [5, 5.41) is 2.17. The summed E-state index contributed by atoms with van der Waals surface area (Å²) in [6, 6.07) is 2.67. The van der Waals surface area contributed by atoms with Crippen molar-refractivity contribution in [1.82, 2.24) is 4.90 Å². The fourth-order valence-corrected chi connectivity index (χ4v) is 2.76. The molecule has 0 saturated heterocycles. The first-order chi connectivity index (χ1) is 5.83. The van der Waals surface area contributed by atoms with Gasteiger partial charge in [-0.05, 0) is 30.5 Å². The third-order valence-corrected chi connectivity index (χ3v) is 3.58. The standard InChI is InChI=1S/C9H14N2S/c1-11-4-2-9-7(3-5-12-9)8(11)6-10/h3,5,8H,2,4,6,10H2,1H3. The third-order valence-electron chi connectivity index (χ3n) is 2.59. The average molecular weight is 182 g/mol. The lowest BCUT2D eigenvalue weighted by molar-refractivity contribution is 0.238. The molecule has 66 valence electrons. The van der Waals surface area contributed by atoms with E-state index in [9.17, 15) is 0 Å². The van der Waals surface area contributed by atoms with E-state index in [-0.39, 0.29) is 0 Å². The van der Waals surface area contributed by atoms with Gasteiger partial charge >= 0.3 is 0 Å². The van der Waals surface area contributed by atoms with Crippen molar-refractivity contribution < 1.29 is 0 Å². The van der Waals surface area contributed by atoms with Crippen LogP contribution in [0.5, 0.6) is 0 Å². The Morgan fingerprint density at radius 1 is 1.75 bits per heavy atom. The molecule has 12 heavy (non-hydrogen) atoms. The molecule has 2 rings (SSSR count). The van der Waals surface area contributed by atoms with Crippen molar-refractivity contribution in [3.05, 3.63) is 21.9 Å². The molecule has 0 bridgehead atoms. The molecule has 0 amide bonds. The van der Waals surface area contributed by atoms with Gasteiger partial charge in [0.1, 0.15) is 0 Å². The van der Waals surface area contributed by atoms with Gasteiger partial charge in [0.15, 0.2) is 0 Å². The van der Waals surface area contributed by atoms with E-state index < -0.39 is 0 Å². The number of hydrogen-bond acceptors (Lipinski definition) is 3. The first-order valence-corrected chi connectivity index (χ1v) is 5.17. The van der Waals surface area contributed by atoms with Crippen LogP contribution in [-0.4, -0.2) is 25.0 Å². The maximum absolute atomic E-state index is 5.73. The largest absolute Gasteiger partial charge is 0.329 e. The maximum Gasteiger partial charge on any atom is 0.0478 e. The Balaban J connectivity index is 2.34. The van der Waals surface area contributed by atoms with E-state index in [4.69, 9.17) is 5.73 Å². The topological polar surface area (TPSA) is 29.3 Å². The highest BCUT2D eigenvalue weighted by Gasteiger charge is 2.23. The lowest BCUT2D eigenvalue weighted by Gasteiger charge is -2.31. The molecule has 1 aliphatic rings. The normalized spacial score (nSPS) is 24.0. The fourth-order valence-electron chi connectivity index (χ4n) is 1.83.